The number of nitrogens with one attached hydrogen (secondary N) is 1. The lowest BCUT2D eigenvalue weighted by atomic mass is 10.1. The number of aliphatic hydroxyl groups is 1. The molecule has 0 fully saturated rings. The maximum absolute atomic E-state index is 12.9. The summed E-state index contributed by atoms with van der Waals surface area (Å²) in [5, 5.41) is 29.5. The smallest absolute Gasteiger partial charge is 0.299 e. The average Bonchev–Trinajstić information content (AvgIpc) is 2.86. The summed E-state index contributed by atoms with van der Waals surface area (Å²) < 4.78 is 64.8. The third-order valence-electron chi connectivity index (χ3n) is 4.88. The molecule has 4 N–H and O–H groups in total. The molecule has 4 aromatic rings. The number of aromatic nitrogens is 3. The predicted molar refractivity (Wildman–Crippen MR) is 139 cm³/mol. The number of hydrogen-bond donors (Lipinski definition) is 4. The molecule has 14 nitrogen and oxygen atoms in total. The zero-order valence-electron chi connectivity index (χ0n) is 19.2. The van der Waals surface area contributed by atoms with Crippen molar-refractivity contribution in [3.05, 3.63) is 59.1 Å². The molecule has 0 atom stereocenters. The van der Waals surface area contributed by atoms with E-state index >= 15 is 0 Å². The van der Waals surface area contributed by atoms with Gasteiger partial charge in [0.05, 0.1) is 24.6 Å². The van der Waals surface area contributed by atoms with Gasteiger partial charge >= 0.3 is 0 Å². The second-order valence-corrected chi connectivity index (χ2v) is 11.1. The Labute approximate surface area is 230 Å². The zero-order chi connectivity index (χ0) is 28.4. The molecule has 4 rings (SSSR count). The summed E-state index contributed by atoms with van der Waals surface area (Å²) in [5.74, 6) is -1.04. The van der Waals surface area contributed by atoms with Crippen molar-refractivity contribution in [3.8, 4) is 5.75 Å². The monoisotopic (exact) mass is 614 g/mol. The number of azo groups is 1. The van der Waals surface area contributed by atoms with Crippen LogP contribution in [-0.4, -0.2) is 59.8 Å². The number of benzene rings is 3. The van der Waals surface area contributed by atoms with Crippen LogP contribution in [0.2, 0.25) is 10.6 Å². The van der Waals surface area contributed by atoms with E-state index in [9.17, 15) is 26.5 Å². The third-order valence-corrected chi connectivity index (χ3v) is 7.44. The first-order valence-corrected chi connectivity index (χ1v) is 14.1. The lowest BCUT2D eigenvalue weighted by Gasteiger charge is -2.15. The molecule has 0 bridgehead atoms. The van der Waals surface area contributed by atoms with Gasteiger partial charge in [-0.1, -0.05) is 18.2 Å². The van der Waals surface area contributed by atoms with Crippen molar-refractivity contribution in [1.29, 1.82) is 0 Å². The number of hydrogen-bond acceptors (Lipinski definition) is 13. The molecule has 0 saturated heterocycles. The lowest BCUT2D eigenvalue weighted by Crippen LogP contribution is -2.12. The number of nitrogens with zero attached hydrogens (tertiary/aromatic N) is 5. The summed E-state index contributed by atoms with van der Waals surface area (Å²) >= 11 is 11.6. The molecule has 0 radical (unpaired) electrons. The minimum Gasteiger partial charge on any atom is -0.505 e. The fourth-order valence-electron chi connectivity index (χ4n) is 3.29. The Kier molecular flexibility index (Phi) is 8.26. The molecule has 0 amide bonds. The van der Waals surface area contributed by atoms with Crippen molar-refractivity contribution >= 4 is 77.2 Å². The number of phenolic OH excluding ortho intramolecular Hbond substituents is 1. The van der Waals surface area contributed by atoms with Gasteiger partial charge < -0.3 is 15.5 Å². The summed E-state index contributed by atoms with van der Waals surface area (Å²) in [7, 11) is -9.58. The Morgan fingerprint density at radius 1 is 0.923 bits per heavy atom. The van der Waals surface area contributed by atoms with Gasteiger partial charge in [0.15, 0.2) is 5.75 Å². The van der Waals surface area contributed by atoms with Crippen LogP contribution in [0, 0.1) is 0 Å². The largest absolute Gasteiger partial charge is 0.505 e. The third kappa shape index (κ3) is 6.56. The van der Waals surface area contributed by atoms with Gasteiger partial charge in [0.2, 0.25) is 16.5 Å². The van der Waals surface area contributed by atoms with E-state index in [1.54, 1.807) is 30.3 Å². The maximum atomic E-state index is 12.9. The molecule has 1 aromatic heterocycles. The highest BCUT2D eigenvalue weighted by Crippen LogP contribution is 2.44. The zero-order valence-corrected chi connectivity index (χ0v) is 22.4. The highest BCUT2D eigenvalue weighted by Gasteiger charge is 2.27. The Bertz CT molecular complexity index is 1790. The van der Waals surface area contributed by atoms with Gasteiger partial charge in [-0.2, -0.15) is 36.9 Å². The van der Waals surface area contributed by atoms with E-state index in [0.29, 0.717) is 5.69 Å². The number of fused-ring (bicyclic) bond motifs is 1. The molecular formula is C21H16Cl2N6O8S2. The van der Waals surface area contributed by atoms with Gasteiger partial charge in [0.25, 0.3) is 20.2 Å². The van der Waals surface area contributed by atoms with Crippen molar-refractivity contribution in [1.82, 2.24) is 15.0 Å². The van der Waals surface area contributed by atoms with Gasteiger partial charge in [0.1, 0.15) is 15.5 Å². The Hall–Kier alpha value is -3.51. The van der Waals surface area contributed by atoms with E-state index in [1.165, 1.54) is 0 Å². The van der Waals surface area contributed by atoms with Gasteiger partial charge in [-0.3, -0.25) is 8.74 Å². The lowest BCUT2D eigenvalue weighted by molar-refractivity contribution is 0.205. The molecule has 0 spiro atoms. The summed E-state index contributed by atoms with van der Waals surface area (Å²) in [6, 6.07) is 11.1. The van der Waals surface area contributed by atoms with Gasteiger partial charge in [0, 0.05) is 5.39 Å². The first-order chi connectivity index (χ1) is 18.4. The van der Waals surface area contributed by atoms with Crippen LogP contribution in [-0.2, 0) is 24.4 Å². The number of aromatic hydroxyl groups is 1. The first-order valence-electron chi connectivity index (χ1n) is 10.5. The van der Waals surface area contributed by atoms with Crippen LogP contribution in [0.1, 0.15) is 0 Å². The van der Waals surface area contributed by atoms with E-state index in [1.807, 2.05) is 0 Å². The number of rotatable bonds is 9. The second kappa shape index (κ2) is 11.3. The van der Waals surface area contributed by atoms with Crippen LogP contribution < -0.4 is 5.32 Å². The predicted octanol–water partition coefficient (Wildman–Crippen LogP) is 4.14. The fraction of sp³-hybridized carbons (Fsp3) is 0.0952. The SMILES string of the molecule is O=S(=O)(O)c1cc2cc(S(=O)(=O)OCCO)c(Nc3nc(Cl)nc(Cl)n3)cc2c(O)c1/N=N/c1ccccc1. The van der Waals surface area contributed by atoms with E-state index in [4.69, 9.17) is 32.5 Å². The topological polar surface area (TPSA) is 214 Å². The van der Waals surface area contributed by atoms with Crippen LogP contribution >= 0.6 is 23.2 Å². The second-order valence-electron chi connectivity index (χ2n) is 7.47. The average molecular weight is 615 g/mol. The van der Waals surface area contributed by atoms with Crippen LogP contribution in [0.3, 0.4) is 0 Å². The molecule has 1 heterocycles. The number of anilines is 2. The van der Waals surface area contributed by atoms with E-state index in [0.717, 1.165) is 18.2 Å². The first kappa shape index (κ1) is 28.5. The van der Waals surface area contributed by atoms with Gasteiger partial charge in [-0.25, -0.2) is 0 Å². The minimum absolute atomic E-state index is 0.112. The van der Waals surface area contributed by atoms with E-state index < -0.39 is 54.7 Å². The van der Waals surface area contributed by atoms with Crippen molar-refractivity contribution < 1.29 is 35.8 Å². The van der Waals surface area contributed by atoms with E-state index in [-0.39, 0.29) is 33.0 Å². The Morgan fingerprint density at radius 3 is 2.18 bits per heavy atom. The van der Waals surface area contributed by atoms with Crippen molar-refractivity contribution in [3.63, 3.8) is 0 Å². The van der Waals surface area contributed by atoms with Gasteiger partial charge in [-0.05, 0) is 58.9 Å². The molecule has 0 unspecified atom stereocenters. The Balaban J connectivity index is 1.99. The van der Waals surface area contributed by atoms with Crippen LogP contribution in [0.4, 0.5) is 23.0 Å². The molecule has 0 aliphatic carbocycles. The maximum Gasteiger partial charge on any atom is 0.299 e. The van der Waals surface area contributed by atoms with Gasteiger partial charge in [-0.15, -0.1) is 5.11 Å². The normalized spacial score (nSPS) is 12.3. The summed E-state index contributed by atoms with van der Waals surface area (Å²) in [4.78, 5) is 9.79. The highest BCUT2D eigenvalue weighted by atomic mass is 35.5. The molecule has 0 saturated carbocycles. The summed E-state index contributed by atoms with van der Waals surface area (Å²) in [6.45, 7) is -1.22. The highest BCUT2D eigenvalue weighted by molar-refractivity contribution is 7.87. The van der Waals surface area contributed by atoms with Crippen molar-refractivity contribution in [2.45, 2.75) is 9.79 Å². The Morgan fingerprint density at radius 2 is 1.56 bits per heavy atom. The molecule has 3 aromatic carbocycles. The summed E-state index contributed by atoms with van der Waals surface area (Å²) in [5.41, 5.74) is -0.565. The van der Waals surface area contributed by atoms with Crippen LogP contribution in [0.5, 0.6) is 5.75 Å². The minimum atomic E-state index is -4.98. The van der Waals surface area contributed by atoms with Crippen molar-refractivity contribution in [2.75, 3.05) is 18.5 Å². The van der Waals surface area contributed by atoms with Crippen molar-refractivity contribution in [2.24, 2.45) is 10.2 Å². The van der Waals surface area contributed by atoms with Crippen LogP contribution in [0.25, 0.3) is 10.8 Å². The summed E-state index contributed by atoms with van der Waals surface area (Å²) in [6.07, 6.45) is 0. The van der Waals surface area contributed by atoms with E-state index in [2.05, 4.69) is 30.5 Å². The molecule has 204 valence electrons. The quantitative estimate of drug-likeness (QED) is 0.119. The molecule has 39 heavy (non-hydrogen) atoms. The molecule has 18 heteroatoms. The van der Waals surface area contributed by atoms with Crippen LogP contribution in [0.15, 0.2) is 68.6 Å². The molecular weight excluding hydrogens is 599 g/mol. The number of phenols is 1. The standard InChI is InChI=1S/C21H16Cl2N6O8S2/c22-19-25-20(23)27-21(26-19)24-14-10-13-11(8-15(14)39(35,36)37-7-6-30)9-16(38(32,33)34)17(18(13)31)29-28-12-4-2-1-3-5-12/h1-5,8-10,30-31H,6-7H2,(H,32,33,34)(H,24,25,26,27)/b29-28+. The molecule has 0 aliphatic heterocycles. The molecule has 0 aliphatic rings. The number of aliphatic hydroxyl groups excluding tert-OH is 1. The number of halogens is 2. The fourth-order valence-corrected chi connectivity index (χ4v) is 5.38.